The van der Waals surface area contributed by atoms with Gasteiger partial charge in [0.25, 0.3) is 0 Å². The van der Waals surface area contributed by atoms with Crippen LogP contribution in [0.4, 0.5) is 0 Å². The van der Waals surface area contributed by atoms with Gasteiger partial charge >= 0.3 is 0 Å². The number of nitrogens with zero attached hydrogens (tertiary/aromatic N) is 1. The monoisotopic (exact) mass is 483 g/mol. The van der Waals surface area contributed by atoms with Crippen molar-refractivity contribution >= 4 is 32.7 Å². The topological polar surface area (TPSA) is 12.9 Å². The van der Waals surface area contributed by atoms with E-state index in [1.807, 2.05) is 12.3 Å². The van der Waals surface area contributed by atoms with Crippen LogP contribution in [-0.2, 0) is 0 Å². The Morgan fingerprint density at radius 1 is 0.526 bits per heavy atom. The first-order valence-corrected chi connectivity index (χ1v) is 13.0. The highest BCUT2D eigenvalue weighted by Crippen LogP contribution is 2.37. The minimum absolute atomic E-state index is 0.935. The molecule has 6 aromatic rings. The average Bonchev–Trinajstić information content (AvgIpc) is 3.48. The summed E-state index contributed by atoms with van der Waals surface area (Å²) in [5.74, 6) is 0. The van der Waals surface area contributed by atoms with E-state index in [0.717, 1.165) is 22.4 Å². The lowest BCUT2D eigenvalue weighted by atomic mass is 9.91. The van der Waals surface area contributed by atoms with Crippen LogP contribution in [0.25, 0.3) is 54.9 Å². The van der Waals surface area contributed by atoms with Crippen molar-refractivity contribution in [2.24, 2.45) is 0 Å². The second kappa shape index (κ2) is 9.16. The number of fused-ring (bicyclic) bond motifs is 3. The van der Waals surface area contributed by atoms with Crippen LogP contribution in [0.15, 0.2) is 139 Å². The lowest BCUT2D eigenvalue weighted by molar-refractivity contribution is 1.28. The third-order valence-electron chi connectivity index (χ3n) is 7.30. The summed E-state index contributed by atoms with van der Waals surface area (Å²) in [4.78, 5) is 4.82. The number of hydrogen-bond donors (Lipinski definition) is 0. The number of rotatable bonds is 4. The highest BCUT2D eigenvalue weighted by atomic mass is 14.7. The zero-order chi connectivity index (χ0) is 25.5. The first-order chi connectivity index (χ1) is 18.7. The van der Waals surface area contributed by atoms with Crippen molar-refractivity contribution < 1.29 is 0 Å². The fourth-order valence-electron chi connectivity index (χ4n) is 5.45. The molecule has 0 atom stereocenters. The van der Waals surface area contributed by atoms with Gasteiger partial charge in [-0.15, -0.1) is 5.73 Å². The SMILES string of the molecule is Cc1cc(-c2ccc(C3=C=C(c4ccccc4)C=C3)nc2)cc(-c2cc3ccccc3c3ccccc23)c1. The van der Waals surface area contributed by atoms with Crippen LogP contribution < -0.4 is 0 Å². The van der Waals surface area contributed by atoms with Gasteiger partial charge in [0.2, 0.25) is 0 Å². The van der Waals surface area contributed by atoms with Gasteiger partial charge in [0.05, 0.1) is 5.69 Å². The molecule has 1 aromatic heterocycles. The molecule has 0 N–H and O–H groups in total. The van der Waals surface area contributed by atoms with E-state index in [0.29, 0.717) is 0 Å². The van der Waals surface area contributed by atoms with Crippen molar-refractivity contribution in [2.45, 2.75) is 6.92 Å². The molecule has 178 valence electrons. The van der Waals surface area contributed by atoms with Gasteiger partial charge in [0.1, 0.15) is 0 Å². The first kappa shape index (κ1) is 22.2. The lowest BCUT2D eigenvalue weighted by Crippen LogP contribution is -1.90. The summed E-state index contributed by atoms with van der Waals surface area (Å²) in [6, 6.07) is 41.1. The number of hydrogen-bond acceptors (Lipinski definition) is 1. The molecule has 0 unspecified atom stereocenters. The Labute approximate surface area is 222 Å². The second-order valence-electron chi connectivity index (χ2n) is 9.86. The summed E-state index contributed by atoms with van der Waals surface area (Å²) < 4.78 is 0. The number of allylic oxidation sites excluding steroid dienone is 3. The molecular weight excluding hydrogens is 458 g/mol. The third-order valence-corrected chi connectivity index (χ3v) is 7.30. The van der Waals surface area contributed by atoms with E-state index in [1.165, 1.54) is 49.4 Å². The van der Waals surface area contributed by atoms with Gasteiger partial charge in [-0.25, -0.2) is 0 Å². The van der Waals surface area contributed by atoms with E-state index >= 15 is 0 Å². The average molecular weight is 484 g/mol. The van der Waals surface area contributed by atoms with Crippen molar-refractivity contribution in [2.75, 3.05) is 0 Å². The molecule has 0 amide bonds. The molecule has 0 aliphatic heterocycles. The summed E-state index contributed by atoms with van der Waals surface area (Å²) in [7, 11) is 0. The lowest BCUT2D eigenvalue weighted by Gasteiger charge is -2.13. The molecule has 1 nitrogen and oxygen atoms in total. The van der Waals surface area contributed by atoms with Crippen molar-refractivity contribution in [3.63, 3.8) is 0 Å². The summed E-state index contributed by atoms with van der Waals surface area (Å²) >= 11 is 0. The normalized spacial score (nSPS) is 12.7. The molecule has 0 radical (unpaired) electrons. The zero-order valence-corrected chi connectivity index (χ0v) is 21.1. The Hall–Kier alpha value is -4.97. The van der Waals surface area contributed by atoms with Crippen LogP contribution in [0.3, 0.4) is 0 Å². The summed E-state index contributed by atoms with van der Waals surface area (Å²) in [6.45, 7) is 2.17. The highest BCUT2D eigenvalue weighted by Gasteiger charge is 2.12. The van der Waals surface area contributed by atoms with E-state index in [1.54, 1.807) is 0 Å². The smallest absolute Gasteiger partial charge is 0.0780 e. The zero-order valence-electron chi connectivity index (χ0n) is 21.1. The number of benzene rings is 5. The van der Waals surface area contributed by atoms with Gasteiger partial charge in [-0.2, -0.15) is 0 Å². The molecular formula is C37H25N. The predicted molar refractivity (Wildman–Crippen MR) is 161 cm³/mol. The van der Waals surface area contributed by atoms with Crippen LogP contribution in [0, 0.1) is 6.92 Å². The maximum Gasteiger partial charge on any atom is 0.0780 e. The molecule has 0 fully saturated rings. The van der Waals surface area contributed by atoms with Gasteiger partial charge < -0.3 is 0 Å². The van der Waals surface area contributed by atoms with Gasteiger partial charge in [-0.3, -0.25) is 4.98 Å². The Morgan fingerprint density at radius 2 is 1.24 bits per heavy atom. The van der Waals surface area contributed by atoms with Gasteiger partial charge in [-0.05, 0) is 86.6 Å². The van der Waals surface area contributed by atoms with Crippen LogP contribution in [0.1, 0.15) is 16.8 Å². The maximum atomic E-state index is 4.82. The summed E-state index contributed by atoms with van der Waals surface area (Å²) in [5, 5.41) is 5.11. The van der Waals surface area contributed by atoms with Crippen LogP contribution >= 0.6 is 0 Å². The fourth-order valence-corrected chi connectivity index (χ4v) is 5.45. The third kappa shape index (κ3) is 3.96. The number of aryl methyl sites for hydroxylation is 1. The molecule has 1 aliphatic carbocycles. The second-order valence-corrected chi connectivity index (χ2v) is 9.86. The quantitative estimate of drug-likeness (QED) is 0.180. The maximum absolute atomic E-state index is 4.82. The molecule has 1 heterocycles. The molecule has 7 rings (SSSR count). The molecule has 1 aliphatic rings. The Kier molecular flexibility index (Phi) is 5.36. The predicted octanol–water partition coefficient (Wildman–Crippen LogP) is 9.67. The molecule has 0 spiro atoms. The van der Waals surface area contributed by atoms with E-state index in [9.17, 15) is 0 Å². The minimum atomic E-state index is 0.935. The number of aromatic nitrogens is 1. The Balaban J connectivity index is 1.29. The van der Waals surface area contributed by atoms with E-state index in [-0.39, 0.29) is 0 Å². The molecule has 0 saturated heterocycles. The Bertz CT molecular complexity index is 1930. The van der Waals surface area contributed by atoms with Crippen LogP contribution in [0.5, 0.6) is 0 Å². The van der Waals surface area contributed by atoms with Crippen molar-refractivity contribution in [1.29, 1.82) is 0 Å². The first-order valence-electron chi connectivity index (χ1n) is 13.0. The minimum Gasteiger partial charge on any atom is -0.255 e. The van der Waals surface area contributed by atoms with E-state index in [4.69, 9.17) is 4.98 Å². The summed E-state index contributed by atoms with van der Waals surface area (Å²) in [5.41, 5.74) is 13.7. The van der Waals surface area contributed by atoms with Gasteiger partial charge in [0.15, 0.2) is 0 Å². The van der Waals surface area contributed by atoms with Gasteiger partial charge in [0, 0.05) is 22.9 Å². The standard InChI is InChI=1S/C37H25N/c1-25-19-31(30-17-18-37(38-24-30)29-16-15-27(21-29)26-9-3-2-4-10-26)22-32(20-25)36-23-28-11-5-6-12-33(28)34-13-7-8-14-35(34)36/h2-20,22-24H,1H3. The molecule has 0 saturated carbocycles. The van der Waals surface area contributed by atoms with Crippen LogP contribution in [0.2, 0.25) is 0 Å². The Morgan fingerprint density at radius 3 is 2.05 bits per heavy atom. The van der Waals surface area contributed by atoms with Crippen LogP contribution in [-0.4, -0.2) is 4.98 Å². The fraction of sp³-hybridized carbons (Fsp3) is 0.0270. The van der Waals surface area contributed by atoms with Crippen molar-refractivity contribution in [3.8, 4) is 22.3 Å². The van der Waals surface area contributed by atoms with Crippen molar-refractivity contribution in [1.82, 2.24) is 4.98 Å². The molecule has 38 heavy (non-hydrogen) atoms. The largest absolute Gasteiger partial charge is 0.255 e. The molecule has 5 aromatic carbocycles. The number of pyridine rings is 1. The van der Waals surface area contributed by atoms with Gasteiger partial charge in [-0.1, -0.05) is 97.1 Å². The summed E-state index contributed by atoms with van der Waals surface area (Å²) in [6.07, 6.45) is 6.19. The van der Waals surface area contributed by atoms with E-state index < -0.39 is 0 Å². The highest BCUT2D eigenvalue weighted by molar-refractivity contribution is 6.13. The van der Waals surface area contributed by atoms with E-state index in [2.05, 4.69) is 134 Å². The molecule has 1 heteroatoms. The van der Waals surface area contributed by atoms with Crippen molar-refractivity contribution in [3.05, 3.63) is 156 Å². The molecule has 0 bridgehead atoms.